The van der Waals surface area contributed by atoms with Crippen LogP contribution in [0.3, 0.4) is 0 Å². The fourth-order valence-corrected chi connectivity index (χ4v) is 2.47. The third kappa shape index (κ3) is 3.37. The highest BCUT2D eigenvalue weighted by atomic mass is 35.5. The van der Waals surface area contributed by atoms with Crippen molar-refractivity contribution in [1.82, 2.24) is 4.90 Å². The second kappa shape index (κ2) is 6.53. The van der Waals surface area contributed by atoms with Crippen LogP contribution in [-0.2, 0) is 11.3 Å². The van der Waals surface area contributed by atoms with Gasteiger partial charge in [0.05, 0.1) is 23.3 Å². The van der Waals surface area contributed by atoms with Crippen molar-refractivity contribution in [1.29, 1.82) is 0 Å². The van der Waals surface area contributed by atoms with E-state index in [1.54, 1.807) is 12.1 Å². The van der Waals surface area contributed by atoms with Crippen LogP contribution in [0.4, 0.5) is 0 Å². The minimum Gasteiger partial charge on any atom is -0.379 e. The molecule has 0 aromatic heterocycles. The van der Waals surface area contributed by atoms with Gasteiger partial charge in [0, 0.05) is 25.2 Å². The van der Waals surface area contributed by atoms with Crippen LogP contribution in [0.15, 0.2) is 24.8 Å². The SMILES string of the molecule is C=CC(=O)c1ccc(Cl)c(Cl)c1CN1CCOCC1. The number of halogens is 2. The Morgan fingerprint density at radius 2 is 2.05 bits per heavy atom. The van der Waals surface area contributed by atoms with Gasteiger partial charge in [-0.15, -0.1) is 0 Å². The Morgan fingerprint density at radius 3 is 2.68 bits per heavy atom. The molecule has 1 aliphatic rings. The van der Waals surface area contributed by atoms with Gasteiger partial charge in [-0.25, -0.2) is 0 Å². The van der Waals surface area contributed by atoms with E-state index in [0.717, 1.165) is 18.7 Å². The molecule has 0 atom stereocenters. The van der Waals surface area contributed by atoms with Crippen molar-refractivity contribution in [3.63, 3.8) is 0 Å². The van der Waals surface area contributed by atoms with Gasteiger partial charge in [0.15, 0.2) is 5.78 Å². The van der Waals surface area contributed by atoms with Gasteiger partial charge in [0.2, 0.25) is 0 Å². The molecule has 0 N–H and O–H groups in total. The minimum atomic E-state index is -0.137. The molecule has 0 saturated carbocycles. The number of ketones is 1. The Balaban J connectivity index is 2.32. The lowest BCUT2D eigenvalue weighted by molar-refractivity contribution is 0.0341. The molecule has 5 heteroatoms. The van der Waals surface area contributed by atoms with Crippen LogP contribution in [-0.4, -0.2) is 37.0 Å². The van der Waals surface area contributed by atoms with Gasteiger partial charge in [0.1, 0.15) is 0 Å². The fraction of sp³-hybridized carbons (Fsp3) is 0.357. The molecule has 102 valence electrons. The number of morpholine rings is 1. The van der Waals surface area contributed by atoms with Crippen LogP contribution in [0.2, 0.25) is 10.0 Å². The van der Waals surface area contributed by atoms with Crippen LogP contribution in [0, 0.1) is 0 Å². The Bertz CT molecular complexity index is 496. The number of ether oxygens (including phenoxy) is 1. The molecule has 0 unspecified atom stereocenters. The Morgan fingerprint density at radius 1 is 1.37 bits per heavy atom. The zero-order chi connectivity index (χ0) is 13.8. The molecular weight excluding hydrogens is 285 g/mol. The van der Waals surface area contributed by atoms with E-state index in [1.165, 1.54) is 6.08 Å². The van der Waals surface area contributed by atoms with Crippen molar-refractivity contribution in [2.24, 2.45) is 0 Å². The molecule has 1 heterocycles. The van der Waals surface area contributed by atoms with E-state index in [-0.39, 0.29) is 5.78 Å². The number of hydrogen-bond acceptors (Lipinski definition) is 3. The van der Waals surface area contributed by atoms with Crippen molar-refractivity contribution >= 4 is 29.0 Å². The zero-order valence-corrected chi connectivity index (χ0v) is 12.0. The van der Waals surface area contributed by atoms with Gasteiger partial charge in [0.25, 0.3) is 0 Å². The number of allylic oxidation sites excluding steroid dienone is 1. The third-order valence-electron chi connectivity index (χ3n) is 3.13. The van der Waals surface area contributed by atoms with Crippen molar-refractivity contribution in [2.75, 3.05) is 26.3 Å². The summed E-state index contributed by atoms with van der Waals surface area (Å²) in [5.74, 6) is -0.137. The maximum Gasteiger partial charge on any atom is 0.185 e. The van der Waals surface area contributed by atoms with E-state index in [4.69, 9.17) is 27.9 Å². The first-order valence-electron chi connectivity index (χ1n) is 6.07. The maximum atomic E-state index is 11.9. The molecule has 1 saturated heterocycles. The molecule has 19 heavy (non-hydrogen) atoms. The van der Waals surface area contributed by atoms with E-state index < -0.39 is 0 Å². The fourth-order valence-electron chi connectivity index (χ4n) is 2.07. The van der Waals surface area contributed by atoms with Gasteiger partial charge in [-0.3, -0.25) is 9.69 Å². The normalized spacial score (nSPS) is 16.3. The molecule has 1 aliphatic heterocycles. The van der Waals surface area contributed by atoms with Crippen LogP contribution in [0.1, 0.15) is 15.9 Å². The standard InChI is InChI=1S/C14H15Cl2NO2/c1-2-13(18)10-3-4-12(15)14(16)11(10)9-17-5-7-19-8-6-17/h2-4H,1,5-9H2. The predicted octanol–water partition coefficient (Wildman–Crippen LogP) is 3.19. The molecule has 0 spiro atoms. The van der Waals surface area contributed by atoms with Crippen molar-refractivity contribution in [2.45, 2.75) is 6.54 Å². The molecule has 0 bridgehead atoms. The topological polar surface area (TPSA) is 29.5 Å². The molecule has 1 aromatic rings. The highest BCUT2D eigenvalue weighted by Crippen LogP contribution is 2.30. The summed E-state index contributed by atoms with van der Waals surface area (Å²) in [5.41, 5.74) is 1.33. The molecular formula is C14H15Cl2NO2. The summed E-state index contributed by atoms with van der Waals surface area (Å²) >= 11 is 12.3. The molecule has 0 radical (unpaired) electrons. The van der Waals surface area contributed by atoms with Gasteiger partial charge >= 0.3 is 0 Å². The molecule has 1 fully saturated rings. The lowest BCUT2D eigenvalue weighted by Gasteiger charge is -2.27. The van der Waals surface area contributed by atoms with Gasteiger partial charge < -0.3 is 4.74 Å². The van der Waals surface area contributed by atoms with Crippen LogP contribution in [0.25, 0.3) is 0 Å². The van der Waals surface area contributed by atoms with E-state index in [2.05, 4.69) is 11.5 Å². The molecule has 1 aromatic carbocycles. The van der Waals surface area contributed by atoms with Crippen molar-refractivity contribution in [3.05, 3.63) is 46.0 Å². The lowest BCUT2D eigenvalue weighted by Crippen LogP contribution is -2.36. The monoisotopic (exact) mass is 299 g/mol. The minimum absolute atomic E-state index is 0.137. The lowest BCUT2D eigenvalue weighted by atomic mass is 10.0. The summed E-state index contributed by atoms with van der Waals surface area (Å²) in [5, 5.41) is 0.909. The van der Waals surface area contributed by atoms with Crippen molar-refractivity contribution < 1.29 is 9.53 Å². The van der Waals surface area contributed by atoms with Gasteiger partial charge in [-0.1, -0.05) is 29.8 Å². The van der Waals surface area contributed by atoms with Crippen LogP contribution >= 0.6 is 23.2 Å². The molecule has 0 amide bonds. The van der Waals surface area contributed by atoms with Crippen molar-refractivity contribution in [3.8, 4) is 0 Å². The summed E-state index contributed by atoms with van der Waals surface area (Å²) in [4.78, 5) is 14.1. The Hall–Kier alpha value is -0.870. The van der Waals surface area contributed by atoms with E-state index in [0.29, 0.717) is 35.4 Å². The van der Waals surface area contributed by atoms with E-state index >= 15 is 0 Å². The average molecular weight is 300 g/mol. The zero-order valence-electron chi connectivity index (χ0n) is 10.5. The smallest absolute Gasteiger partial charge is 0.185 e. The second-order valence-electron chi connectivity index (χ2n) is 4.34. The summed E-state index contributed by atoms with van der Waals surface area (Å²) in [6.45, 7) is 7.16. The largest absolute Gasteiger partial charge is 0.379 e. The highest BCUT2D eigenvalue weighted by molar-refractivity contribution is 6.42. The summed E-state index contributed by atoms with van der Waals surface area (Å²) in [7, 11) is 0. The number of carbonyl (C=O) groups excluding carboxylic acids is 1. The first-order valence-corrected chi connectivity index (χ1v) is 6.83. The quantitative estimate of drug-likeness (QED) is 0.632. The Kier molecular flexibility index (Phi) is 4.99. The Labute approximate surface area is 122 Å². The maximum absolute atomic E-state index is 11.9. The van der Waals surface area contributed by atoms with E-state index in [1.807, 2.05) is 0 Å². The third-order valence-corrected chi connectivity index (χ3v) is 3.98. The number of hydrogen-bond donors (Lipinski definition) is 0. The van der Waals surface area contributed by atoms with Crippen LogP contribution < -0.4 is 0 Å². The highest BCUT2D eigenvalue weighted by Gasteiger charge is 2.19. The summed E-state index contributed by atoms with van der Waals surface area (Å²) in [6.07, 6.45) is 1.29. The van der Waals surface area contributed by atoms with E-state index in [9.17, 15) is 4.79 Å². The number of rotatable bonds is 4. The predicted molar refractivity (Wildman–Crippen MR) is 77.1 cm³/mol. The first kappa shape index (κ1) is 14.5. The van der Waals surface area contributed by atoms with Crippen LogP contribution in [0.5, 0.6) is 0 Å². The second-order valence-corrected chi connectivity index (χ2v) is 5.13. The molecule has 0 aliphatic carbocycles. The van der Waals surface area contributed by atoms with Gasteiger partial charge in [-0.05, 0) is 23.8 Å². The summed E-state index contributed by atoms with van der Waals surface area (Å²) < 4.78 is 5.31. The summed E-state index contributed by atoms with van der Waals surface area (Å²) in [6, 6.07) is 3.34. The number of benzene rings is 1. The number of carbonyl (C=O) groups is 1. The average Bonchev–Trinajstić information content (AvgIpc) is 2.44. The van der Waals surface area contributed by atoms with Gasteiger partial charge in [-0.2, -0.15) is 0 Å². The first-order chi connectivity index (χ1) is 9.13. The molecule has 2 rings (SSSR count). The number of nitrogens with zero attached hydrogens (tertiary/aromatic N) is 1. The molecule has 3 nitrogen and oxygen atoms in total.